The summed E-state index contributed by atoms with van der Waals surface area (Å²) in [5.41, 5.74) is 10.5. The third kappa shape index (κ3) is 3.93. The summed E-state index contributed by atoms with van der Waals surface area (Å²) < 4.78 is 58.3. The summed E-state index contributed by atoms with van der Waals surface area (Å²) in [6, 6.07) is 0.877. The first-order chi connectivity index (χ1) is 12.7. The van der Waals surface area contributed by atoms with Gasteiger partial charge in [0, 0.05) is 36.2 Å². The van der Waals surface area contributed by atoms with Crippen molar-refractivity contribution in [1.82, 2.24) is 15.0 Å². The van der Waals surface area contributed by atoms with E-state index < -0.39 is 22.9 Å². The summed E-state index contributed by atoms with van der Waals surface area (Å²) in [6.45, 7) is 0.188. The lowest BCUT2D eigenvalue weighted by atomic mass is 10.1. The SMILES string of the molecule is COCC[S@@+]([O-])c1sc2nc(-c3cnc(N)nc3)cc(C(F)(F)F)c2c1N. The maximum Gasteiger partial charge on any atom is 0.417 e. The molecule has 0 radical (unpaired) electrons. The van der Waals surface area contributed by atoms with E-state index in [0.717, 1.165) is 17.4 Å². The zero-order chi connectivity index (χ0) is 19.8. The zero-order valence-corrected chi connectivity index (χ0v) is 15.5. The molecule has 0 unspecified atom stereocenters. The highest BCUT2D eigenvalue weighted by Crippen LogP contribution is 2.45. The number of anilines is 2. The molecule has 0 saturated carbocycles. The summed E-state index contributed by atoms with van der Waals surface area (Å²) in [7, 11) is 1.44. The quantitative estimate of drug-likeness (QED) is 0.612. The zero-order valence-electron chi connectivity index (χ0n) is 13.9. The van der Waals surface area contributed by atoms with Gasteiger partial charge in [0.25, 0.3) is 0 Å². The number of pyridine rings is 1. The van der Waals surface area contributed by atoms with Crippen LogP contribution in [-0.2, 0) is 22.1 Å². The van der Waals surface area contributed by atoms with E-state index in [-0.39, 0.29) is 49.7 Å². The minimum absolute atomic E-state index is 0.00735. The van der Waals surface area contributed by atoms with E-state index in [1.807, 2.05) is 0 Å². The standard InChI is InChI=1S/C15H14F3N5O2S2/c1-25-2-3-27(24)13-11(19)10-8(15(16,17)18)4-9(23-12(10)26-13)7-5-21-14(20)22-6-7/h4-6H,2-3,19H2,1H3,(H2,20,21,22)/t27-/m1/s1. The topological polar surface area (TPSA) is 123 Å². The maximum absolute atomic E-state index is 13.6. The molecule has 0 spiro atoms. The van der Waals surface area contributed by atoms with Crippen LogP contribution in [-0.4, -0.2) is 39.0 Å². The van der Waals surface area contributed by atoms with Crippen LogP contribution in [0.1, 0.15) is 5.56 Å². The number of nitrogen functional groups attached to an aromatic ring is 2. The molecular weight excluding hydrogens is 403 g/mol. The number of alkyl halides is 3. The number of nitrogens with two attached hydrogens (primary N) is 2. The van der Waals surface area contributed by atoms with Crippen LogP contribution in [0.4, 0.5) is 24.8 Å². The second-order valence-corrected chi connectivity index (χ2v) is 8.17. The molecule has 3 aromatic heterocycles. The van der Waals surface area contributed by atoms with Crippen LogP contribution in [0.5, 0.6) is 0 Å². The Morgan fingerprint density at radius 1 is 1.26 bits per heavy atom. The van der Waals surface area contributed by atoms with Crippen molar-refractivity contribution in [1.29, 1.82) is 0 Å². The Morgan fingerprint density at radius 2 is 1.93 bits per heavy atom. The van der Waals surface area contributed by atoms with Gasteiger partial charge < -0.3 is 20.8 Å². The number of hydrogen-bond acceptors (Lipinski definition) is 8. The number of rotatable bonds is 5. The van der Waals surface area contributed by atoms with E-state index in [1.165, 1.54) is 19.5 Å². The number of aromatic nitrogens is 3. The lowest BCUT2D eigenvalue weighted by molar-refractivity contribution is -0.136. The summed E-state index contributed by atoms with van der Waals surface area (Å²) >= 11 is -0.729. The summed E-state index contributed by atoms with van der Waals surface area (Å²) in [6.07, 6.45) is -2.11. The Hall–Kier alpha value is -2.15. The normalized spacial score (nSPS) is 13.2. The number of thiophene rings is 1. The molecule has 27 heavy (non-hydrogen) atoms. The van der Waals surface area contributed by atoms with E-state index in [4.69, 9.17) is 16.2 Å². The molecule has 7 nitrogen and oxygen atoms in total. The lowest BCUT2D eigenvalue weighted by Crippen LogP contribution is -2.12. The van der Waals surface area contributed by atoms with Crippen LogP contribution < -0.4 is 11.5 Å². The molecule has 0 aliphatic carbocycles. The highest BCUT2D eigenvalue weighted by atomic mass is 32.2. The van der Waals surface area contributed by atoms with Gasteiger partial charge in [0.15, 0.2) is 0 Å². The number of fused-ring (bicyclic) bond motifs is 1. The molecule has 0 aliphatic rings. The van der Waals surface area contributed by atoms with Crippen molar-refractivity contribution in [2.45, 2.75) is 10.4 Å². The van der Waals surface area contributed by atoms with E-state index in [1.54, 1.807) is 0 Å². The summed E-state index contributed by atoms with van der Waals surface area (Å²) in [5.74, 6) is 0.111. The van der Waals surface area contributed by atoms with Crippen LogP contribution in [0.2, 0.25) is 0 Å². The Kier molecular flexibility index (Phi) is 5.42. The van der Waals surface area contributed by atoms with Crippen molar-refractivity contribution in [3.05, 3.63) is 24.0 Å². The molecule has 12 heteroatoms. The molecule has 0 fully saturated rings. The van der Waals surface area contributed by atoms with Gasteiger partial charge in [-0.3, -0.25) is 0 Å². The Bertz CT molecular complexity index is 963. The van der Waals surface area contributed by atoms with Gasteiger partial charge in [-0.05, 0) is 6.07 Å². The maximum atomic E-state index is 13.6. The van der Waals surface area contributed by atoms with Gasteiger partial charge in [0.2, 0.25) is 10.2 Å². The average Bonchev–Trinajstić information content (AvgIpc) is 2.95. The van der Waals surface area contributed by atoms with Gasteiger partial charge >= 0.3 is 6.18 Å². The number of ether oxygens (including phenoxy) is 1. The Morgan fingerprint density at radius 3 is 2.52 bits per heavy atom. The van der Waals surface area contributed by atoms with Crippen LogP contribution in [0.15, 0.2) is 22.7 Å². The molecule has 144 valence electrons. The van der Waals surface area contributed by atoms with Gasteiger partial charge in [-0.2, -0.15) is 13.2 Å². The first kappa shape index (κ1) is 19.6. The molecule has 4 N–H and O–H groups in total. The van der Waals surface area contributed by atoms with Gasteiger partial charge in [-0.25, -0.2) is 15.0 Å². The van der Waals surface area contributed by atoms with Crippen molar-refractivity contribution in [2.75, 3.05) is 30.9 Å². The van der Waals surface area contributed by atoms with E-state index in [9.17, 15) is 17.7 Å². The number of hydrogen-bond donors (Lipinski definition) is 2. The molecule has 0 bridgehead atoms. The van der Waals surface area contributed by atoms with Gasteiger partial charge in [-0.15, -0.1) is 0 Å². The molecule has 0 aromatic carbocycles. The predicted octanol–water partition coefficient (Wildman–Crippen LogP) is 2.69. The molecule has 3 heterocycles. The van der Waals surface area contributed by atoms with Crippen LogP contribution in [0, 0.1) is 0 Å². The van der Waals surface area contributed by atoms with Crippen LogP contribution in [0.25, 0.3) is 21.5 Å². The van der Waals surface area contributed by atoms with Crippen molar-refractivity contribution < 1.29 is 22.5 Å². The van der Waals surface area contributed by atoms with Gasteiger partial charge in [0.1, 0.15) is 16.3 Å². The van der Waals surface area contributed by atoms with Gasteiger partial charge in [0.05, 0.1) is 23.3 Å². The monoisotopic (exact) mass is 417 g/mol. The van der Waals surface area contributed by atoms with Crippen LogP contribution in [0.3, 0.4) is 0 Å². The molecular formula is C15H14F3N5O2S2. The van der Waals surface area contributed by atoms with Crippen molar-refractivity contribution in [2.24, 2.45) is 0 Å². The minimum atomic E-state index is -4.68. The van der Waals surface area contributed by atoms with E-state index in [2.05, 4.69) is 15.0 Å². The van der Waals surface area contributed by atoms with Crippen molar-refractivity contribution in [3.8, 4) is 11.3 Å². The van der Waals surface area contributed by atoms with Crippen LogP contribution >= 0.6 is 11.3 Å². The van der Waals surface area contributed by atoms with Crippen molar-refractivity contribution >= 4 is 44.4 Å². The van der Waals surface area contributed by atoms with Gasteiger partial charge in [-0.1, -0.05) is 11.3 Å². The largest absolute Gasteiger partial charge is 0.611 e. The molecule has 0 amide bonds. The molecule has 1 atom stereocenters. The molecule has 0 aliphatic heterocycles. The second kappa shape index (κ2) is 7.46. The fraction of sp³-hybridized carbons (Fsp3) is 0.267. The molecule has 3 aromatic rings. The number of nitrogens with zero attached hydrogens (tertiary/aromatic N) is 3. The van der Waals surface area contributed by atoms with E-state index in [0.29, 0.717) is 0 Å². The summed E-state index contributed by atoms with van der Waals surface area (Å²) in [4.78, 5) is 11.8. The Labute approximate surface area is 158 Å². The molecule has 3 rings (SSSR count). The van der Waals surface area contributed by atoms with Crippen molar-refractivity contribution in [3.63, 3.8) is 0 Å². The lowest BCUT2D eigenvalue weighted by Gasteiger charge is -2.11. The fourth-order valence-corrected chi connectivity index (χ4v) is 4.93. The first-order valence-electron chi connectivity index (χ1n) is 7.47. The Balaban J connectivity index is 2.20. The third-order valence-electron chi connectivity index (χ3n) is 3.62. The second-order valence-electron chi connectivity index (χ2n) is 5.41. The summed E-state index contributed by atoms with van der Waals surface area (Å²) in [5, 5.41) is -0.256. The van der Waals surface area contributed by atoms with E-state index >= 15 is 0 Å². The third-order valence-corrected chi connectivity index (χ3v) is 6.49. The minimum Gasteiger partial charge on any atom is -0.611 e. The average molecular weight is 417 g/mol. The fourth-order valence-electron chi connectivity index (χ4n) is 2.36. The number of methoxy groups -OCH3 is 1. The molecule has 0 saturated heterocycles. The highest BCUT2D eigenvalue weighted by Gasteiger charge is 2.37. The smallest absolute Gasteiger partial charge is 0.417 e. The first-order valence-corrected chi connectivity index (χ1v) is 9.61. The predicted molar refractivity (Wildman–Crippen MR) is 97.6 cm³/mol. The number of halogens is 3. The highest BCUT2D eigenvalue weighted by molar-refractivity contribution is 7.93.